The van der Waals surface area contributed by atoms with Crippen molar-refractivity contribution in [2.45, 2.75) is 37.9 Å². The molecule has 1 saturated heterocycles. The number of carbonyl (C=O) groups is 8. The highest BCUT2D eigenvalue weighted by Crippen LogP contribution is 2.47. The highest BCUT2D eigenvalue weighted by atomic mass is 32.2. The Bertz CT molecular complexity index is 2270. The van der Waals surface area contributed by atoms with E-state index in [0.29, 0.717) is 0 Å². The molecule has 2 aliphatic heterocycles. The van der Waals surface area contributed by atoms with E-state index in [1.165, 1.54) is 24.3 Å². The van der Waals surface area contributed by atoms with E-state index in [2.05, 4.69) is 10.6 Å². The highest BCUT2D eigenvalue weighted by molar-refractivity contribution is 8.00. The minimum Gasteiger partial charge on any atom is -0.482 e. The molecule has 1 aromatic heterocycles. The van der Waals surface area contributed by atoms with Crippen molar-refractivity contribution in [1.29, 1.82) is 0 Å². The second-order valence-electron chi connectivity index (χ2n) is 11.9. The van der Waals surface area contributed by atoms with Gasteiger partial charge in [0.1, 0.15) is 41.3 Å². The van der Waals surface area contributed by atoms with E-state index in [0.717, 1.165) is 62.9 Å². The molecule has 3 aromatic rings. The fourth-order valence-electron chi connectivity index (χ4n) is 5.70. The summed E-state index contributed by atoms with van der Waals surface area (Å²) in [7, 11) is 1.09. The van der Waals surface area contributed by atoms with Crippen LogP contribution in [0.2, 0.25) is 0 Å². The summed E-state index contributed by atoms with van der Waals surface area (Å²) < 4.78 is 31.3. The number of carboxylic acids is 2. The first-order chi connectivity index (χ1) is 26.5. The normalized spacial score (nSPS) is 17.8. The maximum Gasteiger partial charge on any atom is 0.352 e. The van der Waals surface area contributed by atoms with Crippen molar-refractivity contribution in [2.24, 2.45) is 0 Å². The second kappa shape index (κ2) is 16.3. The summed E-state index contributed by atoms with van der Waals surface area (Å²) in [5.74, 6) is -8.97. The first kappa shape index (κ1) is 40.4. The van der Waals surface area contributed by atoms with E-state index in [4.69, 9.17) is 33.2 Å². The number of hydrogen-bond acceptors (Lipinski definition) is 16. The SMILES string of the molecule is CO[C@@]1(NC(=O)C(NC(=O)c2coc3c(OC(C)=O)c(OC(C)=O)ccc3c2=O)c2ccc(OCC(=O)O)cc2)C(=O)N2C(C(=O)O)=C(COC(C)=O)CS[C@H]21. The fourth-order valence-corrected chi connectivity index (χ4v) is 7.12. The molecule has 0 radical (unpaired) electrons. The molecular weight excluding hydrogens is 766 g/mol. The van der Waals surface area contributed by atoms with E-state index < -0.39 is 100 Å². The number of benzene rings is 2. The summed E-state index contributed by atoms with van der Waals surface area (Å²) >= 11 is 0.999. The molecule has 294 valence electrons. The number of nitrogens with zero attached hydrogens (tertiary/aromatic N) is 1. The first-order valence-electron chi connectivity index (χ1n) is 16.1. The Morgan fingerprint density at radius 2 is 1.64 bits per heavy atom. The van der Waals surface area contributed by atoms with E-state index >= 15 is 0 Å². The number of methoxy groups -OCH3 is 1. The van der Waals surface area contributed by atoms with Crippen LogP contribution in [0.5, 0.6) is 17.2 Å². The van der Waals surface area contributed by atoms with Crippen LogP contribution in [0, 0.1) is 0 Å². The maximum absolute atomic E-state index is 14.2. The van der Waals surface area contributed by atoms with Gasteiger partial charge in [-0.05, 0) is 29.8 Å². The number of fused-ring (bicyclic) bond motifs is 2. The molecule has 1 fully saturated rings. The third-order valence-electron chi connectivity index (χ3n) is 8.11. The van der Waals surface area contributed by atoms with E-state index in [9.17, 15) is 48.3 Å². The van der Waals surface area contributed by atoms with Gasteiger partial charge in [-0.15, -0.1) is 11.8 Å². The molecule has 0 spiro atoms. The minimum absolute atomic E-state index is 0.0350. The summed E-state index contributed by atoms with van der Waals surface area (Å²) in [6.45, 7) is 2.16. The molecule has 3 heterocycles. The van der Waals surface area contributed by atoms with Crippen LogP contribution in [-0.4, -0.2) is 99.9 Å². The molecule has 2 aromatic carbocycles. The number of hydrogen-bond donors (Lipinski definition) is 4. The lowest BCUT2D eigenvalue weighted by Crippen LogP contribution is -2.81. The van der Waals surface area contributed by atoms with Gasteiger partial charge in [0.05, 0.1) is 5.39 Å². The molecule has 0 aliphatic carbocycles. The number of β-lactam (4-membered cyclic amide) rings is 1. The van der Waals surface area contributed by atoms with Crippen molar-refractivity contribution in [3.05, 3.63) is 75.3 Å². The minimum atomic E-state index is -2.17. The van der Waals surface area contributed by atoms with Gasteiger partial charge >= 0.3 is 29.8 Å². The standard InChI is InChI=1S/C35H31N3O17S/c1-15(39)51-11-19-14-56-34-35(50-4,33(49)38(34)26(19)32(47)48)37-31(46)25(18-5-7-20(8-6-18)52-13-24(42)43)36-30(45)22-12-53-28-21(27(22)44)9-10-23(54-16(2)40)29(28)55-17(3)41/h5-10,12,25,34H,11,13-14H2,1-4H3,(H,36,45)(H,37,46)(H,42,43)(H,47,48)/t25?,34-,35-/m0/s1. The molecule has 21 heteroatoms. The van der Waals surface area contributed by atoms with Crippen molar-refractivity contribution >= 4 is 70.3 Å². The van der Waals surface area contributed by atoms with Gasteiger partial charge in [-0.3, -0.25) is 38.5 Å². The number of amides is 3. The molecule has 3 amide bonds. The van der Waals surface area contributed by atoms with Gasteiger partial charge in [-0.25, -0.2) is 9.59 Å². The topological polar surface area (TPSA) is 281 Å². The summed E-state index contributed by atoms with van der Waals surface area (Å²) in [5.41, 5.74) is -4.44. The third-order valence-corrected chi connectivity index (χ3v) is 9.48. The van der Waals surface area contributed by atoms with Gasteiger partial charge in [0.2, 0.25) is 17.1 Å². The molecule has 20 nitrogen and oxygen atoms in total. The Labute approximate surface area is 318 Å². The molecule has 5 rings (SSSR count). The highest BCUT2D eigenvalue weighted by Gasteiger charge is 2.67. The summed E-state index contributed by atoms with van der Waals surface area (Å²) in [6.07, 6.45) is 0.720. The van der Waals surface area contributed by atoms with Gasteiger partial charge < -0.3 is 48.9 Å². The lowest BCUT2D eigenvalue weighted by Gasteiger charge is -2.56. The second-order valence-corrected chi connectivity index (χ2v) is 13.0. The van der Waals surface area contributed by atoms with E-state index in [1.54, 1.807) is 0 Å². The molecule has 1 unspecified atom stereocenters. The van der Waals surface area contributed by atoms with Gasteiger partial charge in [-0.1, -0.05) is 12.1 Å². The number of carboxylic acid groups (broad SMARTS) is 2. The zero-order chi connectivity index (χ0) is 41.1. The summed E-state index contributed by atoms with van der Waals surface area (Å²) in [6, 6.07) is 5.75. The lowest BCUT2D eigenvalue weighted by molar-refractivity contribution is -0.193. The quantitative estimate of drug-likeness (QED) is 0.0761. The van der Waals surface area contributed by atoms with Crippen LogP contribution in [0.1, 0.15) is 42.7 Å². The van der Waals surface area contributed by atoms with Crippen LogP contribution in [-0.2, 0) is 43.0 Å². The molecule has 2 aliphatic rings. The summed E-state index contributed by atoms with van der Waals surface area (Å²) in [5, 5.41) is 22.4. The molecule has 4 N–H and O–H groups in total. The Balaban J connectivity index is 1.50. The Hall–Kier alpha value is -6.74. The smallest absolute Gasteiger partial charge is 0.352 e. The van der Waals surface area contributed by atoms with Crippen molar-refractivity contribution in [1.82, 2.24) is 15.5 Å². The molecular formula is C35H31N3O17S. The number of carbonyl (C=O) groups excluding carboxylic acids is 6. The van der Waals surface area contributed by atoms with Gasteiger partial charge in [-0.2, -0.15) is 0 Å². The van der Waals surface area contributed by atoms with Crippen LogP contribution in [0.3, 0.4) is 0 Å². The number of aliphatic carboxylic acids is 2. The monoisotopic (exact) mass is 797 g/mol. The number of ether oxygens (including phenoxy) is 5. The van der Waals surface area contributed by atoms with Crippen LogP contribution in [0.25, 0.3) is 11.0 Å². The maximum atomic E-state index is 14.2. The molecule has 0 saturated carbocycles. The van der Waals surface area contributed by atoms with Crippen LogP contribution >= 0.6 is 11.8 Å². The molecule has 3 atom stereocenters. The van der Waals surface area contributed by atoms with Crippen molar-refractivity contribution < 1.29 is 76.7 Å². The summed E-state index contributed by atoms with van der Waals surface area (Å²) in [4.78, 5) is 114. The van der Waals surface area contributed by atoms with Crippen LogP contribution < -0.4 is 30.3 Å². The predicted molar refractivity (Wildman–Crippen MR) is 187 cm³/mol. The Kier molecular flexibility index (Phi) is 11.8. The molecule has 56 heavy (non-hydrogen) atoms. The zero-order valence-electron chi connectivity index (χ0n) is 29.7. The predicted octanol–water partition coefficient (Wildman–Crippen LogP) is 0.854. The number of thioether (sulfide) groups is 1. The average Bonchev–Trinajstić information content (AvgIpc) is 3.14. The molecule has 0 bridgehead atoms. The average molecular weight is 798 g/mol. The first-order valence-corrected chi connectivity index (χ1v) is 17.2. The van der Waals surface area contributed by atoms with Crippen molar-refractivity contribution in [2.75, 3.05) is 26.1 Å². The zero-order valence-corrected chi connectivity index (χ0v) is 30.5. The lowest BCUT2D eigenvalue weighted by atomic mass is 9.96. The van der Waals surface area contributed by atoms with Crippen LogP contribution in [0.4, 0.5) is 0 Å². The van der Waals surface area contributed by atoms with Gasteiger partial charge in [0.25, 0.3) is 17.5 Å². The third kappa shape index (κ3) is 8.03. The van der Waals surface area contributed by atoms with Crippen molar-refractivity contribution in [3.8, 4) is 17.2 Å². The van der Waals surface area contributed by atoms with Gasteiger partial charge in [0, 0.05) is 39.2 Å². The number of rotatable bonds is 14. The largest absolute Gasteiger partial charge is 0.482 e. The van der Waals surface area contributed by atoms with Crippen molar-refractivity contribution in [3.63, 3.8) is 0 Å². The van der Waals surface area contributed by atoms with E-state index in [-0.39, 0.29) is 39.4 Å². The number of esters is 3. The van der Waals surface area contributed by atoms with Gasteiger partial charge in [0.15, 0.2) is 17.9 Å². The Morgan fingerprint density at radius 1 is 0.964 bits per heavy atom. The van der Waals surface area contributed by atoms with Crippen LogP contribution in [0.15, 0.2) is 63.1 Å². The Morgan fingerprint density at radius 3 is 2.23 bits per heavy atom. The fraction of sp³-hybridized carbons (Fsp3) is 0.286. The number of nitrogens with one attached hydrogen (secondary N) is 2. The van der Waals surface area contributed by atoms with E-state index in [1.807, 2.05) is 0 Å².